The van der Waals surface area contributed by atoms with E-state index in [2.05, 4.69) is 22.2 Å². The van der Waals surface area contributed by atoms with Crippen molar-refractivity contribution in [1.82, 2.24) is 9.97 Å². The summed E-state index contributed by atoms with van der Waals surface area (Å²) >= 11 is 7.21. The summed E-state index contributed by atoms with van der Waals surface area (Å²) in [4.78, 5) is 31.3. The molecule has 2 rings (SSSR count). The Morgan fingerprint density at radius 2 is 2.16 bits per heavy atom. The number of hydrogen-bond donors (Lipinski definition) is 2. The van der Waals surface area contributed by atoms with Crippen LogP contribution in [-0.4, -0.2) is 21.1 Å². The van der Waals surface area contributed by atoms with Gasteiger partial charge in [-0.1, -0.05) is 42.8 Å². The van der Waals surface area contributed by atoms with Gasteiger partial charge in [0.2, 0.25) is 5.91 Å². The number of carbonyl (C=O) groups excluding carboxylic acids is 1. The molecule has 0 radical (unpaired) electrons. The van der Waals surface area contributed by atoms with Crippen molar-refractivity contribution in [3.8, 4) is 0 Å². The Morgan fingerprint density at radius 1 is 1.40 bits per heavy atom. The van der Waals surface area contributed by atoms with E-state index >= 15 is 0 Å². The second-order valence-electron chi connectivity index (χ2n) is 5.85. The fraction of sp³-hybridized carbons (Fsp3) is 0.389. The first-order valence-corrected chi connectivity index (χ1v) is 9.48. The van der Waals surface area contributed by atoms with Gasteiger partial charge in [0.15, 0.2) is 5.16 Å². The summed E-state index contributed by atoms with van der Waals surface area (Å²) in [5.41, 5.74) is 2.18. The van der Waals surface area contributed by atoms with E-state index in [0.29, 0.717) is 15.9 Å². The minimum atomic E-state index is -0.414. The number of thioether (sulfide) groups is 1. The zero-order valence-corrected chi connectivity index (χ0v) is 16.1. The number of aromatic amines is 1. The number of benzene rings is 1. The molecule has 1 aromatic heterocycles. The van der Waals surface area contributed by atoms with Gasteiger partial charge in [0.25, 0.3) is 5.56 Å². The van der Waals surface area contributed by atoms with Crippen LogP contribution in [0, 0.1) is 6.92 Å². The fourth-order valence-electron chi connectivity index (χ4n) is 2.21. The van der Waals surface area contributed by atoms with Crippen molar-refractivity contribution in [2.45, 2.75) is 50.4 Å². The van der Waals surface area contributed by atoms with Gasteiger partial charge in [-0.2, -0.15) is 0 Å². The van der Waals surface area contributed by atoms with E-state index in [4.69, 9.17) is 11.6 Å². The standard InChI is InChI=1S/C18H22ClN3O2S/c1-4-5-6-14-10-16(23)22-18(20-14)25-12(3)17(24)21-15-9-13(19)8-7-11(15)2/h7-10,12H,4-6H2,1-3H3,(H,21,24)(H,20,22,23). The Bertz CT molecular complexity index is 807. The first-order valence-electron chi connectivity index (χ1n) is 8.23. The lowest BCUT2D eigenvalue weighted by Gasteiger charge is -2.13. The van der Waals surface area contributed by atoms with Gasteiger partial charge in [-0.3, -0.25) is 9.59 Å². The number of unbranched alkanes of at least 4 members (excludes halogenated alkanes) is 1. The van der Waals surface area contributed by atoms with Gasteiger partial charge in [0.1, 0.15) is 0 Å². The molecule has 1 unspecified atom stereocenters. The number of halogens is 1. The van der Waals surface area contributed by atoms with Gasteiger partial charge >= 0.3 is 0 Å². The molecule has 134 valence electrons. The Hall–Kier alpha value is -1.79. The molecule has 0 saturated heterocycles. The lowest BCUT2D eigenvalue weighted by molar-refractivity contribution is -0.115. The molecule has 2 N–H and O–H groups in total. The average molecular weight is 380 g/mol. The number of H-pyrrole nitrogens is 1. The van der Waals surface area contributed by atoms with Crippen LogP contribution in [0.4, 0.5) is 5.69 Å². The van der Waals surface area contributed by atoms with Crippen molar-refractivity contribution < 1.29 is 4.79 Å². The Balaban J connectivity index is 2.07. The first-order chi connectivity index (χ1) is 11.9. The monoisotopic (exact) mass is 379 g/mol. The predicted octanol–water partition coefficient (Wildman–Crippen LogP) is 4.19. The number of rotatable bonds is 7. The Morgan fingerprint density at radius 3 is 2.88 bits per heavy atom. The Kier molecular flexibility index (Phi) is 7.08. The van der Waals surface area contributed by atoms with Gasteiger partial charge in [-0.05, 0) is 44.4 Å². The molecular formula is C18H22ClN3O2S. The molecule has 1 aromatic carbocycles. The molecule has 1 amide bonds. The maximum Gasteiger partial charge on any atom is 0.251 e. The summed E-state index contributed by atoms with van der Waals surface area (Å²) in [6, 6.07) is 6.87. The zero-order chi connectivity index (χ0) is 18.4. The van der Waals surface area contributed by atoms with Crippen LogP contribution in [0.15, 0.2) is 34.2 Å². The number of carbonyl (C=O) groups is 1. The number of amides is 1. The lowest BCUT2D eigenvalue weighted by Crippen LogP contribution is -2.23. The highest BCUT2D eigenvalue weighted by molar-refractivity contribution is 8.00. The van der Waals surface area contributed by atoms with Gasteiger partial charge in [-0.25, -0.2) is 4.98 Å². The summed E-state index contributed by atoms with van der Waals surface area (Å²) in [6.07, 6.45) is 2.77. The van der Waals surface area contributed by atoms with Crippen LogP contribution in [0.25, 0.3) is 0 Å². The van der Waals surface area contributed by atoms with Gasteiger partial charge in [0.05, 0.1) is 5.25 Å². The van der Waals surface area contributed by atoms with Crippen LogP contribution in [0.1, 0.15) is 37.9 Å². The van der Waals surface area contributed by atoms with Crippen molar-refractivity contribution in [2.24, 2.45) is 0 Å². The Labute approximate surface area is 156 Å². The molecule has 2 aromatic rings. The predicted molar refractivity (Wildman–Crippen MR) is 104 cm³/mol. The third-order valence-corrected chi connectivity index (χ3v) is 4.89. The molecule has 1 atom stereocenters. The molecule has 5 nitrogen and oxygen atoms in total. The van der Waals surface area contributed by atoms with Crippen LogP contribution in [0.3, 0.4) is 0 Å². The summed E-state index contributed by atoms with van der Waals surface area (Å²) in [6.45, 7) is 5.77. The third kappa shape index (κ3) is 5.90. The third-order valence-electron chi connectivity index (χ3n) is 3.67. The lowest BCUT2D eigenvalue weighted by atomic mass is 10.2. The molecular weight excluding hydrogens is 358 g/mol. The zero-order valence-electron chi connectivity index (χ0n) is 14.6. The largest absolute Gasteiger partial charge is 0.325 e. The minimum absolute atomic E-state index is 0.169. The second kappa shape index (κ2) is 9.06. The number of hydrogen-bond acceptors (Lipinski definition) is 4. The molecule has 1 heterocycles. The summed E-state index contributed by atoms with van der Waals surface area (Å²) in [5.74, 6) is -0.169. The number of aryl methyl sites for hydroxylation is 2. The molecule has 0 aliphatic carbocycles. The van der Waals surface area contributed by atoms with Crippen molar-refractivity contribution in [2.75, 3.05) is 5.32 Å². The minimum Gasteiger partial charge on any atom is -0.325 e. The molecule has 0 saturated carbocycles. The first kappa shape index (κ1) is 19.5. The van der Waals surface area contributed by atoms with E-state index in [0.717, 1.165) is 30.5 Å². The van der Waals surface area contributed by atoms with Crippen LogP contribution in [0.2, 0.25) is 5.02 Å². The summed E-state index contributed by atoms with van der Waals surface area (Å²) in [7, 11) is 0. The fourth-order valence-corrected chi connectivity index (χ4v) is 3.21. The highest BCUT2D eigenvalue weighted by atomic mass is 35.5. The number of nitrogens with one attached hydrogen (secondary N) is 2. The highest BCUT2D eigenvalue weighted by Crippen LogP contribution is 2.23. The maximum atomic E-state index is 12.4. The summed E-state index contributed by atoms with van der Waals surface area (Å²) < 4.78 is 0. The van der Waals surface area contributed by atoms with Gasteiger partial charge in [-0.15, -0.1) is 0 Å². The van der Waals surface area contributed by atoms with Crippen LogP contribution < -0.4 is 10.9 Å². The van der Waals surface area contributed by atoms with Gasteiger partial charge < -0.3 is 10.3 Å². The molecule has 0 spiro atoms. The molecule has 0 aliphatic heterocycles. The van der Waals surface area contributed by atoms with E-state index in [9.17, 15) is 9.59 Å². The molecule has 25 heavy (non-hydrogen) atoms. The smallest absolute Gasteiger partial charge is 0.251 e. The summed E-state index contributed by atoms with van der Waals surface area (Å²) in [5, 5.41) is 3.48. The van der Waals surface area contributed by atoms with Crippen molar-refractivity contribution >= 4 is 35.0 Å². The quantitative estimate of drug-likeness (QED) is 0.558. The van der Waals surface area contributed by atoms with E-state index in [1.807, 2.05) is 13.0 Å². The topological polar surface area (TPSA) is 74.8 Å². The molecule has 0 fully saturated rings. The van der Waals surface area contributed by atoms with Gasteiger partial charge in [0, 0.05) is 22.5 Å². The van der Waals surface area contributed by atoms with E-state index in [1.54, 1.807) is 19.1 Å². The average Bonchev–Trinajstić information content (AvgIpc) is 2.55. The van der Waals surface area contributed by atoms with Crippen LogP contribution in [-0.2, 0) is 11.2 Å². The van der Waals surface area contributed by atoms with Crippen molar-refractivity contribution in [3.05, 3.63) is 50.9 Å². The number of anilines is 1. The highest BCUT2D eigenvalue weighted by Gasteiger charge is 2.17. The van der Waals surface area contributed by atoms with E-state index < -0.39 is 5.25 Å². The maximum absolute atomic E-state index is 12.4. The normalized spacial score (nSPS) is 12.0. The van der Waals surface area contributed by atoms with E-state index in [-0.39, 0.29) is 11.5 Å². The molecule has 0 aliphatic rings. The van der Waals surface area contributed by atoms with Crippen LogP contribution in [0.5, 0.6) is 0 Å². The number of nitrogens with zero attached hydrogens (tertiary/aromatic N) is 1. The van der Waals surface area contributed by atoms with Crippen LogP contribution >= 0.6 is 23.4 Å². The second-order valence-corrected chi connectivity index (χ2v) is 7.62. The van der Waals surface area contributed by atoms with E-state index in [1.165, 1.54) is 17.8 Å². The van der Waals surface area contributed by atoms with Crippen molar-refractivity contribution in [3.63, 3.8) is 0 Å². The van der Waals surface area contributed by atoms with Crippen molar-refractivity contribution in [1.29, 1.82) is 0 Å². The number of aromatic nitrogens is 2. The SMILES string of the molecule is CCCCc1cc(=O)[nH]c(SC(C)C(=O)Nc2cc(Cl)ccc2C)n1. The molecule has 0 bridgehead atoms. The molecule has 7 heteroatoms.